The minimum atomic E-state index is -6.38. The van der Waals surface area contributed by atoms with Crippen molar-refractivity contribution in [1.82, 2.24) is 0 Å². The van der Waals surface area contributed by atoms with Gasteiger partial charge in [-0.05, 0) is 19.3 Å². The van der Waals surface area contributed by atoms with E-state index in [0.717, 1.165) is 0 Å². The molecule has 9 heteroatoms. The van der Waals surface area contributed by atoms with Crippen molar-refractivity contribution < 1.29 is 40.2 Å². The zero-order chi connectivity index (χ0) is 13.3. The lowest BCUT2D eigenvalue weighted by Crippen LogP contribution is -2.55. The quantitative estimate of drug-likeness (QED) is 0.732. The van der Waals surface area contributed by atoms with Crippen LogP contribution in [0.25, 0.3) is 0 Å². The van der Waals surface area contributed by atoms with Gasteiger partial charge < -0.3 is 4.74 Å². The predicted molar refractivity (Wildman–Crippen MR) is 40.6 cm³/mol. The van der Waals surface area contributed by atoms with E-state index >= 15 is 0 Å². The van der Waals surface area contributed by atoms with E-state index in [9.17, 15) is 30.7 Å². The first-order valence-electron chi connectivity index (χ1n) is 4.70. The van der Waals surface area contributed by atoms with Gasteiger partial charge >= 0.3 is 18.2 Å². The smallest absolute Gasteiger partial charge is 0.352 e. The Hall–Kier alpha value is -0.570. The van der Waals surface area contributed by atoms with Crippen molar-refractivity contribution in [2.45, 2.75) is 43.8 Å². The molecule has 17 heavy (non-hydrogen) atoms. The summed E-state index contributed by atoms with van der Waals surface area (Å²) < 4.78 is 93.4. The molecule has 0 aliphatic carbocycles. The maximum absolute atomic E-state index is 12.7. The highest BCUT2D eigenvalue weighted by Crippen LogP contribution is 2.47. The molecule has 0 aromatic carbocycles. The molecule has 1 atom stereocenters. The molecule has 1 aliphatic rings. The average molecular weight is 270 g/mol. The molecule has 0 N–H and O–H groups in total. The minimum Gasteiger partial charge on any atom is -0.352 e. The average Bonchev–Trinajstić information content (AvgIpc) is 2.16. The van der Waals surface area contributed by atoms with E-state index in [4.69, 9.17) is 0 Å². The fourth-order valence-corrected chi connectivity index (χ4v) is 1.21. The third-order valence-corrected chi connectivity index (χ3v) is 2.14. The molecule has 2 nitrogen and oxygen atoms in total. The van der Waals surface area contributed by atoms with Crippen LogP contribution in [0.3, 0.4) is 0 Å². The van der Waals surface area contributed by atoms with Crippen molar-refractivity contribution in [2.24, 2.45) is 0 Å². The van der Waals surface area contributed by atoms with Crippen molar-refractivity contribution in [3.63, 3.8) is 0 Å². The van der Waals surface area contributed by atoms with Gasteiger partial charge in [0.05, 0.1) is 0 Å². The van der Waals surface area contributed by atoms with Gasteiger partial charge in [0.1, 0.15) is 0 Å². The lowest BCUT2D eigenvalue weighted by molar-refractivity contribution is -0.448. The molecule has 1 saturated heterocycles. The van der Waals surface area contributed by atoms with Crippen LogP contribution < -0.4 is 0 Å². The highest BCUT2D eigenvalue weighted by atomic mass is 19.4. The lowest BCUT2D eigenvalue weighted by atomic mass is 10.2. The Kier molecular flexibility index (Phi) is 3.92. The molecule has 0 saturated carbocycles. The van der Waals surface area contributed by atoms with Crippen LogP contribution in [-0.4, -0.2) is 31.1 Å². The topological polar surface area (TPSA) is 18.5 Å². The fourth-order valence-electron chi connectivity index (χ4n) is 1.21. The van der Waals surface area contributed by atoms with Gasteiger partial charge in [-0.1, -0.05) is 0 Å². The maximum Gasteiger partial charge on any atom is 0.462 e. The summed E-state index contributed by atoms with van der Waals surface area (Å²) in [5.74, 6) is -6.25. The molecule has 0 spiro atoms. The summed E-state index contributed by atoms with van der Waals surface area (Å²) >= 11 is 0. The van der Waals surface area contributed by atoms with E-state index in [2.05, 4.69) is 9.47 Å². The van der Waals surface area contributed by atoms with Gasteiger partial charge in [-0.3, -0.25) is 4.74 Å². The Bertz CT molecular complexity index is 257. The lowest BCUT2D eigenvalue weighted by Gasteiger charge is -2.32. The molecule has 0 aromatic heterocycles. The van der Waals surface area contributed by atoms with E-state index in [1.165, 1.54) is 0 Å². The van der Waals surface area contributed by atoms with Crippen LogP contribution in [0.4, 0.5) is 30.7 Å². The molecule has 0 bridgehead atoms. The Morgan fingerprint density at radius 1 is 0.941 bits per heavy atom. The summed E-state index contributed by atoms with van der Waals surface area (Å²) in [7, 11) is 0. The third kappa shape index (κ3) is 3.01. The first-order chi connectivity index (χ1) is 7.58. The van der Waals surface area contributed by atoms with Crippen LogP contribution in [0.1, 0.15) is 19.3 Å². The second-order valence-electron chi connectivity index (χ2n) is 3.50. The number of halogens is 7. The molecule has 1 rings (SSSR count). The fraction of sp³-hybridized carbons (Fsp3) is 1.00. The zero-order valence-corrected chi connectivity index (χ0v) is 8.37. The van der Waals surface area contributed by atoms with E-state index in [0.29, 0.717) is 12.8 Å². The zero-order valence-electron chi connectivity index (χ0n) is 8.37. The van der Waals surface area contributed by atoms with Crippen LogP contribution >= 0.6 is 0 Å². The Labute approximate surface area is 91.7 Å². The largest absolute Gasteiger partial charge is 0.462 e. The van der Waals surface area contributed by atoms with E-state index in [1.54, 1.807) is 0 Å². The predicted octanol–water partition coefficient (Wildman–Crippen LogP) is 3.32. The molecular formula is C8H9F7O2. The minimum absolute atomic E-state index is 0.0155. The molecule has 1 heterocycles. The van der Waals surface area contributed by atoms with Crippen molar-refractivity contribution in [1.29, 1.82) is 0 Å². The first-order valence-corrected chi connectivity index (χ1v) is 4.70. The van der Waals surface area contributed by atoms with Crippen molar-refractivity contribution in [3.05, 3.63) is 0 Å². The van der Waals surface area contributed by atoms with Crippen LogP contribution in [0, 0.1) is 0 Å². The number of ether oxygens (including phenoxy) is 2. The second kappa shape index (κ2) is 4.60. The van der Waals surface area contributed by atoms with Gasteiger partial charge in [0.15, 0.2) is 6.29 Å². The second-order valence-corrected chi connectivity index (χ2v) is 3.50. The number of hydrogen-bond donors (Lipinski definition) is 0. The highest BCUT2D eigenvalue weighted by molar-refractivity contribution is 4.85. The monoisotopic (exact) mass is 270 g/mol. The van der Waals surface area contributed by atoms with Crippen molar-refractivity contribution >= 4 is 0 Å². The van der Waals surface area contributed by atoms with Crippen molar-refractivity contribution in [3.8, 4) is 0 Å². The summed E-state index contributed by atoms with van der Waals surface area (Å²) in [6.07, 6.45) is -13.0. The van der Waals surface area contributed by atoms with Gasteiger partial charge in [-0.25, -0.2) is 0 Å². The summed E-state index contributed by atoms with van der Waals surface area (Å²) in [4.78, 5) is 0. The van der Waals surface area contributed by atoms with Gasteiger partial charge in [-0.15, -0.1) is 0 Å². The van der Waals surface area contributed by atoms with Crippen LogP contribution in [0.5, 0.6) is 0 Å². The number of rotatable bonds is 3. The Balaban J connectivity index is 2.72. The number of hydrogen-bond acceptors (Lipinski definition) is 2. The van der Waals surface area contributed by atoms with Crippen LogP contribution in [0.15, 0.2) is 0 Å². The first kappa shape index (κ1) is 14.5. The van der Waals surface area contributed by atoms with Crippen LogP contribution in [0.2, 0.25) is 0 Å². The summed E-state index contributed by atoms with van der Waals surface area (Å²) in [5, 5.41) is 0. The van der Waals surface area contributed by atoms with Crippen molar-refractivity contribution in [2.75, 3.05) is 6.61 Å². The number of alkyl halides is 7. The maximum atomic E-state index is 12.7. The Morgan fingerprint density at radius 3 is 1.94 bits per heavy atom. The van der Waals surface area contributed by atoms with Crippen LogP contribution in [-0.2, 0) is 9.47 Å². The molecule has 1 aliphatic heterocycles. The SMILES string of the molecule is FC(F)(F)C(F)(F)C(F)(F)OC1CCCCO1. The highest BCUT2D eigenvalue weighted by Gasteiger charge is 2.75. The Morgan fingerprint density at radius 2 is 1.53 bits per heavy atom. The van der Waals surface area contributed by atoms with Gasteiger partial charge in [0, 0.05) is 6.61 Å². The molecular weight excluding hydrogens is 261 g/mol. The van der Waals surface area contributed by atoms with Gasteiger partial charge in [0.2, 0.25) is 0 Å². The van der Waals surface area contributed by atoms with E-state index in [1.807, 2.05) is 0 Å². The summed E-state index contributed by atoms with van der Waals surface area (Å²) in [5.41, 5.74) is 0. The molecule has 0 aromatic rings. The molecule has 0 amide bonds. The van der Waals surface area contributed by atoms with E-state index in [-0.39, 0.29) is 13.0 Å². The molecule has 1 fully saturated rings. The van der Waals surface area contributed by atoms with E-state index < -0.39 is 24.5 Å². The summed E-state index contributed by atoms with van der Waals surface area (Å²) in [6, 6.07) is 0. The standard InChI is InChI=1S/C8H9F7O2/c9-6(10,7(11,12)13)8(14,15)17-5-3-1-2-4-16-5/h5H,1-4H2. The molecule has 0 radical (unpaired) electrons. The molecule has 1 unspecified atom stereocenters. The third-order valence-electron chi connectivity index (χ3n) is 2.14. The normalized spacial score (nSPS) is 23.8. The molecule has 102 valence electrons. The van der Waals surface area contributed by atoms with Gasteiger partial charge in [-0.2, -0.15) is 30.7 Å². The van der Waals surface area contributed by atoms with Gasteiger partial charge in [0.25, 0.3) is 0 Å². The summed E-state index contributed by atoms with van der Waals surface area (Å²) in [6.45, 7) is -0.0155.